The van der Waals surface area contributed by atoms with Gasteiger partial charge in [0.1, 0.15) is 0 Å². The molecule has 1 saturated heterocycles. The highest BCUT2D eigenvalue weighted by Gasteiger charge is 2.14. The second-order valence-electron chi connectivity index (χ2n) is 5.58. The van der Waals surface area contributed by atoms with Gasteiger partial charge in [0.25, 0.3) is 0 Å². The van der Waals surface area contributed by atoms with E-state index in [1.807, 2.05) is 24.3 Å². The number of nitrogens with zero attached hydrogens (tertiary/aromatic N) is 2. The van der Waals surface area contributed by atoms with Gasteiger partial charge in [0.2, 0.25) is 0 Å². The van der Waals surface area contributed by atoms with Crippen molar-refractivity contribution in [2.75, 3.05) is 39.3 Å². The Morgan fingerprint density at radius 3 is 2.29 bits per heavy atom. The Morgan fingerprint density at radius 2 is 1.62 bits per heavy atom. The summed E-state index contributed by atoms with van der Waals surface area (Å²) < 4.78 is 0. The lowest BCUT2D eigenvalue weighted by molar-refractivity contribution is -0.136. The molecule has 1 fully saturated rings. The highest BCUT2D eigenvalue weighted by atomic mass is 16.4. The fourth-order valence-corrected chi connectivity index (χ4v) is 2.74. The minimum Gasteiger partial charge on any atom is -0.481 e. The van der Waals surface area contributed by atoms with Gasteiger partial charge in [-0.05, 0) is 30.6 Å². The van der Waals surface area contributed by atoms with Gasteiger partial charge in [0, 0.05) is 26.2 Å². The largest absolute Gasteiger partial charge is 0.481 e. The van der Waals surface area contributed by atoms with Crippen molar-refractivity contribution in [3.63, 3.8) is 0 Å². The van der Waals surface area contributed by atoms with E-state index in [2.05, 4.69) is 9.80 Å². The van der Waals surface area contributed by atoms with Crippen molar-refractivity contribution in [3.8, 4) is 0 Å². The van der Waals surface area contributed by atoms with E-state index in [9.17, 15) is 4.79 Å². The molecule has 0 bridgehead atoms. The Labute approximate surface area is 125 Å². The van der Waals surface area contributed by atoms with E-state index in [1.54, 1.807) is 0 Å². The predicted octanol–water partition coefficient (Wildman–Crippen LogP) is 0.814. The zero-order valence-corrected chi connectivity index (χ0v) is 12.4. The molecule has 0 atom stereocenters. The van der Waals surface area contributed by atoms with Gasteiger partial charge >= 0.3 is 5.97 Å². The summed E-state index contributed by atoms with van der Waals surface area (Å²) in [6.07, 6.45) is 1.21. The van der Waals surface area contributed by atoms with Crippen LogP contribution in [0, 0.1) is 0 Å². The first-order valence-electron chi connectivity index (χ1n) is 7.52. The fourth-order valence-electron chi connectivity index (χ4n) is 2.74. The van der Waals surface area contributed by atoms with Crippen molar-refractivity contribution in [1.82, 2.24) is 9.80 Å². The Bertz CT molecular complexity index is 447. The van der Waals surface area contributed by atoms with Gasteiger partial charge in [0.15, 0.2) is 0 Å². The molecule has 21 heavy (non-hydrogen) atoms. The van der Waals surface area contributed by atoms with E-state index in [4.69, 9.17) is 10.2 Å². The number of hydrogen-bond acceptors (Lipinski definition) is 4. The molecule has 1 aromatic carbocycles. The molecule has 0 aromatic heterocycles. The van der Waals surface area contributed by atoms with Crippen LogP contribution in [0.1, 0.15) is 17.5 Å². The van der Waals surface area contributed by atoms with E-state index in [-0.39, 0.29) is 13.0 Å². The van der Waals surface area contributed by atoms with Gasteiger partial charge in [-0.2, -0.15) is 0 Å². The van der Waals surface area contributed by atoms with Crippen molar-refractivity contribution in [1.29, 1.82) is 0 Å². The predicted molar refractivity (Wildman–Crippen MR) is 81.2 cm³/mol. The zero-order valence-electron chi connectivity index (χ0n) is 12.4. The van der Waals surface area contributed by atoms with Gasteiger partial charge in [-0.25, -0.2) is 0 Å². The third-order valence-electron chi connectivity index (χ3n) is 3.88. The Morgan fingerprint density at radius 1 is 1.00 bits per heavy atom. The van der Waals surface area contributed by atoms with Crippen LogP contribution in [0.5, 0.6) is 0 Å². The standard InChI is InChI=1S/C16H24N2O3/c19-11-10-17-6-1-7-18(9-8-17)13-15-4-2-14(3-5-15)12-16(20)21/h2-5,19H,1,6-13H2,(H,20,21). The molecule has 5 heteroatoms. The van der Waals surface area contributed by atoms with E-state index in [0.29, 0.717) is 0 Å². The number of rotatable bonds is 6. The molecular weight excluding hydrogens is 268 g/mol. The minimum atomic E-state index is -0.792. The smallest absolute Gasteiger partial charge is 0.307 e. The molecule has 5 nitrogen and oxygen atoms in total. The number of aliphatic hydroxyl groups excluding tert-OH is 1. The summed E-state index contributed by atoms with van der Waals surface area (Å²) in [5.41, 5.74) is 2.07. The molecule has 0 unspecified atom stereocenters. The molecule has 0 aliphatic carbocycles. The molecule has 0 saturated carbocycles. The monoisotopic (exact) mass is 292 g/mol. The van der Waals surface area contributed by atoms with Crippen LogP contribution < -0.4 is 0 Å². The molecule has 1 aliphatic rings. The first-order chi connectivity index (χ1) is 10.2. The number of benzene rings is 1. The third-order valence-corrected chi connectivity index (χ3v) is 3.88. The number of carboxylic acids is 1. The zero-order chi connectivity index (χ0) is 15.1. The molecular formula is C16H24N2O3. The average Bonchev–Trinajstić information content (AvgIpc) is 2.67. The van der Waals surface area contributed by atoms with Crippen molar-refractivity contribution in [3.05, 3.63) is 35.4 Å². The lowest BCUT2D eigenvalue weighted by Gasteiger charge is -2.21. The first-order valence-corrected chi connectivity index (χ1v) is 7.52. The van der Waals surface area contributed by atoms with Crippen molar-refractivity contribution in [2.45, 2.75) is 19.4 Å². The highest BCUT2D eigenvalue weighted by molar-refractivity contribution is 5.70. The molecule has 0 amide bonds. The summed E-state index contributed by atoms with van der Waals surface area (Å²) >= 11 is 0. The number of carbonyl (C=O) groups is 1. The van der Waals surface area contributed by atoms with Crippen LogP contribution in [0.3, 0.4) is 0 Å². The summed E-state index contributed by atoms with van der Waals surface area (Å²) in [6, 6.07) is 7.85. The molecule has 1 aliphatic heterocycles. The first kappa shape index (κ1) is 15.9. The second-order valence-corrected chi connectivity index (χ2v) is 5.58. The van der Waals surface area contributed by atoms with Gasteiger partial charge < -0.3 is 10.2 Å². The average molecular weight is 292 g/mol. The number of aliphatic hydroxyl groups is 1. The van der Waals surface area contributed by atoms with Crippen molar-refractivity contribution in [2.24, 2.45) is 0 Å². The Hall–Kier alpha value is -1.43. The van der Waals surface area contributed by atoms with Crippen LogP contribution >= 0.6 is 0 Å². The van der Waals surface area contributed by atoms with Crippen LogP contribution in [0.25, 0.3) is 0 Å². The minimum absolute atomic E-state index is 0.0834. The highest BCUT2D eigenvalue weighted by Crippen LogP contribution is 2.11. The van der Waals surface area contributed by atoms with Crippen LogP contribution in [-0.4, -0.2) is 65.3 Å². The molecule has 1 aromatic rings. The lowest BCUT2D eigenvalue weighted by Crippen LogP contribution is -2.32. The lowest BCUT2D eigenvalue weighted by atomic mass is 10.1. The summed E-state index contributed by atoms with van der Waals surface area (Å²) in [6.45, 7) is 6.02. The van der Waals surface area contributed by atoms with E-state index >= 15 is 0 Å². The van der Waals surface area contributed by atoms with E-state index in [0.717, 1.165) is 51.3 Å². The molecule has 2 rings (SSSR count). The SMILES string of the molecule is O=C(O)Cc1ccc(CN2CCCN(CCO)CC2)cc1. The summed E-state index contributed by atoms with van der Waals surface area (Å²) in [5.74, 6) is -0.792. The molecule has 2 N–H and O–H groups in total. The normalized spacial score (nSPS) is 17.6. The summed E-state index contributed by atoms with van der Waals surface area (Å²) in [5, 5.41) is 17.8. The number of carboxylic acid groups (broad SMARTS) is 1. The van der Waals surface area contributed by atoms with Gasteiger partial charge in [-0.3, -0.25) is 14.6 Å². The maximum absolute atomic E-state index is 10.7. The van der Waals surface area contributed by atoms with Gasteiger partial charge in [-0.1, -0.05) is 24.3 Å². The Kier molecular flexibility index (Phi) is 6.17. The van der Waals surface area contributed by atoms with Crippen LogP contribution in [0.15, 0.2) is 24.3 Å². The Balaban J connectivity index is 1.85. The quantitative estimate of drug-likeness (QED) is 0.812. The molecule has 0 spiro atoms. The summed E-state index contributed by atoms with van der Waals surface area (Å²) in [7, 11) is 0. The number of hydrogen-bond donors (Lipinski definition) is 2. The van der Waals surface area contributed by atoms with Crippen LogP contribution in [-0.2, 0) is 17.8 Å². The summed E-state index contributed by atoms with van der Waals surface area (Å²) in [4.78, 5) is 15.4. The van der Waals surface area contributed by atoms with Gasteiger partial charge in [-0.15, -0.1) is 0 Å². The molecule has 1 heterocycles. The fraction of sp³-hybridized carbons (Fsp3) is 0.562. The third kappa shape index (κ3) is 5.46. The van der Waals surface area contributed by atoms with Crippen molar-refractivity contribution >= 4 is 5.97 Å². The van der Waals surface area contributed by atoms with Crippen LogP contribution in [0.4, 0.5) is 0 Å². The maximum atomic E-state index is 10.7. The van der Waals surface area contributed by atoms with Crippen LogP contribution in [0.2, 0.25) is 0 Å². The van der Waals surface area contributed by atoms with E-state index in [1.165, 1.54) is 5.56 Å². The molecule has 116 valence electrons. The number of aliphatic carboxylic acids is 1. The topological polar surface area (TPSA) is 64.0 Å². The van der Waals surface area contributed by atoms with Crippen molar-refractivity contribution < 1.29 is 15.0 Å². The second kappa shape index (κ2) is 8.12. The van der Waals surface area contributed by atoms with Gasteiger partial charge in [0.05, 0.1) is 13.0 Å². The number of β-amino-alcohol motifs (C(OH)–C–C–N with tert-alkyl or cyclic N) is 1. The molecule has 0 radical (unpaired) electrons. The van der Waals surface area contributed by atoms with E-state index < -0.39 is 5.97 Å². The maximum Gasteiger partial charge on any atom is 0.307 e.